The highest BCUT2D eigenvalue weighted by atomic mass is 79.9. The lowest BCUT2D eigenvalue weighted by Gasteiger charge is -2.20. The Kier molecular flexibility index (Phi) is 7.79. The molecule has 0 saturated heterocycles. The topological polar surface area (TPSA) is 102 Å². The summed E-state index contributed by atoms with van der Waals surface area (Å²) in [6, 6.07) is 5.35. The minimum absolute atomic E-state index is 0.119. The van der Waals surface area contributed by atoms with E-state index >= 15 is 0 Å². The summed E-state index contributed by atoms with van der Waals surface area (Å²) in [4.78, 5) is 51.3. The largest absolute Gasteiger partial charge is 0.497 e. The predicted octanol–water partition coefficient (Wildman–Crippen LogP) is 4.91. The van der Waals surface area contributed by atoms with Gasteiger partial charge >= 0.3 is 5.97 Å². The second-order valence-electron chi connectivity index (χ2n) is 6.55. The van der Waals surface area contributed by atoms with Gasteiger partial charge in [-0.05, 0) is 94.9 Å². The molecule has 8 nitrogen and oxygen atoms in total. The lowest BCUT2D eigenvalue weighted by Crippen LogP contribution is -2.44. The Morgan fingerprint density at radius 1 is 0.938 bits per heavy atom. The average molecular weight is 698 g/mol. The first-order valence-corrected chi connectivity index (χ1v) is 12.1. The molecule has 0 fully saturated rings. The highest BCUT2D eigenvalue weighted by molar-refractivity contribution is 9.15. The molecule has 168 valence electrons. The minimum atomic E-state index is -1.24. The molecule has 1 atom stereocenters. The van der Waals surface area contributed by atoms with E-state index in [1.165, 1.54) is 14.0 Å². The van der Waals surface area contributed by atoms with Crippen LogP contribution in [0.4, 0.5) is 5.69 Å². The van der Waals surface area contributed by atoms with Crippen LogP contribution in [0.3, 0.4) is 0 Å². The molecule has 2 aromatic rings. The number of carbonyl (C=O) groups is 4. The monoisotopic (exact) mass is 694 g/mol. The van der Waals surface area contributed by atoms with E-state index in [1.54, 1.807) is 24.3 Å². The van der Waals surface area contributed by atoms with Gasteiger partial charge in [-0.2, -0.15) is 0 Å². The summed E-state index contributed by atoms with van der Waals surface area (Å²) in [7, 11) is 1.53. The standard InChI is InChI=1S/C20H14Br4N2O6/c1-8(20(30)32-7-11(27)25-9-3-5-10(31-2)6-4-9)26-18(28)12-13(19(26)29)15(22)17(24)16(23)14(12)21/h3-6,8H,7H2,1-2H3,(H,25,27). The molecule has 1 unspecified atom stereocenters. The molecule has 0 saturated carbocycles. The Morgan fingerprint density at radius 2 is 1.44 bits per heavy atom. The van der Waals surface area contributed by atoms with Crippen LogP contribution in [0.1, 0.15) is 27.6 Å². The normalized spacial score (nSPS) is 13.6. The number of nitrogens with one attached hydrogen (secondary N) is 1. The van der Waals surface area contributed by atoms with Gasteiger partial charge in [0.05, 0.1) is 18.2 Å². The molecule has 2 aromatic carbocycles. The second kappa shape index (κ2) is 10.0. The van der Waals surface area contributed by atoms with Crippen LogP contribution in [0.15, 0.2) is 42.2 Å². The van der Waals surface area contributed by atoms with Gasteiger partial charge in [0.25, 0.3) is 17.7 Å². The van der Waals surface area contributed by atoms with E-state index in [0.29, 0.717) is 29.3 Å². The number of carbonyl (C=O) groups excluding carboxylic acids is 4. The fraction of sp³-hybridized carbons (Fsp3) is 0.200. The van der Waals surface area contributed by atoms with Gasteiger partial charge in [0.1, 0.15) is 11.8 Å². The van der Waals surface area contributed by atoms with Crippen LogP contribution >= 0.6 is 63.7 Å². The highest BCUT2D eigenvalue weighted by Gasteiger charge is 2.45. The van der Waals surface area contributed by atoms with E-state index in [2.05, 4.69) is 69.0 Å². The molecule has 3 rings (SSSR count). The molecule has 3 amide bonds. The van der Waals surface area contributed by atoms with Crippen molar-refractivity contribution in [3.63, 3.8) is 0 Å². The Balaban J connectivity index is 1.68. The number of ether oxygens (including phenoxy) is 2. The van der Waals surface area contributed by atoms with Crippen LogP contribution in [0.5, 0.6) is 5.75 Å². The van der Waals surface area contributed by atoms with Crippen molar-refractivity contribution in [2.24, 2.45) is 0 Å². The maximum absolute atomic E-state index is 12.9. The summed E-state index contributed by atoms with van der Waals surface area (Å²) in [6.45, 7) is 0.778. The third kappa shape index (κ3) is 4.63. The number of hydrogen-bond donors (Lipinski definition) is 1. The number of hydrogen-bond acceptors (Lipinski definition) is 6. The van der Waals surface area contributed by atoms with Crippen molar-refractivity contribution in [3.8, 4) is 5.75 Å². The van der Waals surface area contributed by atoms with Gasteiger partial charge in [0.15, 0.2) is 6.61 Å². The van der Waals surface area contributed by atoms with Crippen LogP contribution in [0.2, 0.25) is 0 Å². The number of nitrogens with zero attached hydrogens (tertiary/aromatic N) is 1. The highest BCUT2D eigenvalue weighted by Crippen LogP contribution is 2.45. The third-order valence-electron chi connectivity index (χ3n) is 4.58. The summed E-state index contributed by atoms with van der Waals surface area (Å²) in [5.41, 5.74) is 0.730. The smallest absolute Gasteiger partial charge is 0.329 e. The molecule has 1 aliphatic heterocycles. The third-order valence-corrected chi connectivity index (χ3v) is 9.35. The molecular formula is C20H14Br4N2O6. The predicted molar refractivity (Wildman–Crippen MR) is 130 cm³/mol. The van der Waals surface area contributed by atoms with Crippen LogP contribution < -0.4 is 10.1 Å². The Morgan fingerprint density at radius 3 is 1.91 bits per heavy atom. The summed E-state index contributed by atoms with van der Waals surface area (Å²) in [5, 5.41) is 2.57. The first-order valence-electron chi connectivity index (χ1n) is 8.92. The van der Waals surface area contributed by atoms with E-state index in [0.717, 1.165) is 4.90 Å². The number of benzene rings is 2. The quantitative estimate of drug-likeness (QED) is 0.199. The van der Waals surface area contributed by atoms with Crippen molar-refractivity contribution < 1.29 is 28.7 Å². The van der Waals surface area contributed by atoms with E-state index in [-0.39, 0.29) is 11.1 Å². The van der Waals surface area contributed by atoms with Crippen molar-refractivity contribution in [1.29, 1.82) is 0 Å². The zero-order valence-electron chi connectivity index (χ0n) is 16.5. The number of rotatable bonds is 6. The fourth-order valence-corrected chi connectivity index (χ4v) is 5.41. The Hall–Kier alpha value is -1.76. The molecule has 32 heavy (non-hydrogen) atoms. The first-order chi connectivity index (χ1) is 15.1. The van der Waals surface area contributed by atoms with E-state index in [4.69, 9.17) is 9.47 Å². The molecular weight excluding hydrogens is 684 g/mol. The molecule has 0 radical (unpaired) electrons. The van der Waals surface area contributed by atoms with Crippen molar-refractivity contribution in [2.45, 2.75) is 13.0 Å². The van der Waals surface area contributed by atoms with Gasteiger partial charge in [-0.3, -0.25) is 19.3 Å². The van der Waals surface area contributed by atoms with Crippen molar-refractivity contribution in [1.82, 2.24) is 4.90 Å². The molecule has 1 aliphatic rings. The lowest BCUT2D eigenvalue weighted by molar-refractivity contribution is -0.150. The SMILES string of the molecule is COc1ccc(NC(=O)COC(=O)C(C)N2C(=O)c3c(Br)c(Br)c(Br)c(Br)c3C2=O)cc1. The number of amides is 3. The van der Waals surface area contributed by atoms with Gasteiger partial charge in [-0.1, -0.05) is 0 Å². The maximum atomic E-state index is 12.9. The van der Waals surface area contributed by atoms with E-state index < -0.39 is 36.3 Å². The maximum Gasteiger partial charge on any atom is 0.329 e. The first kappa shape index (κ1) is 24.9. The Bertz CT molecular complexity index is 1090. The summed E-state index contributed by atoms with van der Waals surface area (Å²) in [6.07, 6.45) is 0. The molecule has 0 bridgehead atoms. The summed E-state index contributed by atoms with van der Waals surface area (Å²) < 4.78 is 11.9. The van der Waals surface area contributed by atoms with Crippen LogP contribution in [-0.4, -0.2) is 48.3 Å². The van der Waals surface area contributed by atoms with Gasteiger partial charge in [-0.25, -0.2) is 4.79 Å². The Labute approximate surface area is 216 Å². The molecule has 0 aliphatic carbocycles. The van der Waals surface area contributed by atoms with Gasteiger partial charge in [0, 0.05) is 23.6 Å². The van der Waals surface area contributed by atoms with Crippen LogP contribution in [0, 0.1) is 0 Å². The van der Waals surface area contributed by atoms with Gasteiger partial charge in [-0.15, -0.1) is 0 Å². The molecule has 1 heterocycles. The zero-order chi connectivity index (χ0) is 23.7. The summed E-state index contributed by atoms with van der Waals surface area (Å²) in [5.74, 6) is -2.15. The summed E-state index contributed by atoms with van der Waals surface area (Å²) >= 11 is 13.3. The van der Waals surface area contributed by atoms with Gasteiger partial charge in [0.2, 0.25) is 0 Å². The number of anilines is 1. The molecule has 0 spiro atoms. The number of esters is 1. The lowest BCUT2D eigenvalue weighted by atomic mass is 10.1. The second-order valence-corrected chi connectivity index (χ2v) is 9.72. The van der Waals surface area contributed by atoms with Crippen molar-refractivity contribution in [3.05, 3.63) is 53.3 Å². The van der Waals surface area contributed by atoms with Crippen molar-refractivity contribution in [2.75, 3.05) is 19.0 Å². The minimum Gasteiger partial charge on any atom is -0.497 e. The van der Waals surface area contributed by atoms with Crippen molar-refractivity contribution >= 4 is 93.1 Å². The number of imide groups is 1. The van der Waals surface area contributed by atoms with Gasteiger partial charge < -0.3 is 14.8 Å². The van der Waals surface area contributed by atoms with Crippen LogP contribution in [0.25, 0.3) is 0 Å². The van der Waals surface area contributed by atoms with E-state index in [9.17, 15) is 19.2 Å². The fourth-order valence-electron chi connectivity index (χ4n) is 2.95. The zero-order valence-corrected chi connectivity index (χ0v) is 22.8. The molecule has 12 heteroatoms. The van der Waals surface area contributed by atoms with E-state index in [1.807, 2.05) is 0 Å². The number of methoxy groups -OCH3 is 1. The number of halogens is 4. The molecule has 1 N–H and O–H groups in total. The number of fused-ring (bicyclic) bond motifs is 1. The average Bonchev–Trinajstić information content (AvgIpc) is 3.04. The van der Waals surface area contributed by atoms with Crippen LogP contribution in [-0.2, 0) is 14.3 Å². The molecule has 0 aromatic heterocycles.